The first kappa shape index (κ1) is 14.3. The van der Waals surface area contributed by atoms with Gasteiger partial charge in [-0.3, -0.25) is 9.59 Å². The third kappa shape index (κ3) is 3.10. The number of rotatable bonds is 2. The van der Waals surface area contributed by atoms with Gasteiger partial charge in [-0.25, -0.2) is 0 Å². The van der Waals surface area contributed by atoms with E-state index >= 15 is 0 Å². The first-order valence-corrected chi connectivity index (χ1v) is 5.88. The van der Waals surface area contributed by atoms with E-state index in [2.05, 4.69) is 5.32 Å². The zero-order valence-electron chi connectivity index (χ0n) is 10.0. The summed E-state index contributed by atoms with van der Waals surface area (Å²) in [6, 6.07) is -0.0346. The fraction of sp³-hybridized carbons (Fsp3) is 0.818. The molecule has 3 N–H and O–H groups in total. The molecule has 0 aromatic heterocycles. The highest BCUT2D eigenvalue weighted by molar-refractivity contribution is 5.85. The van der Waals surface area contributed by atoms with Crippen LogP contribution in [0.25, 0.3) is 0 Å². The summed E-state index contributed by atoms with van der Waals surface area (Å²) in [7, 11) is 1.76. The van der Waals surface area contributed by atoms with Gasteiger partial charge in [-0.1, -0.05) is 6.42 Å². The second-order valence-corrected chi connectivity index (χ2v) is 4.89. The Morgan fingerprint density at radius 3 is 2.65 bits per heavy atom. The van der Waals surface area contributed by atoms with Gasteiger partial charge >= 0.3 is 0 Å². The Bertz CT molecular complexity index is 311. The van der Waals surface area contributed by atoms with Gasteiger partial charge in [0.15, 0.2) is 0 Å². The van der Waals surface area contributed by atoms with Gasteiger partial charge in [-0.05, 0) is 12.8 Å². The Morgan fingerprint density at radius 1 is 1.47 bits per heavy atom. The molecule has 1 heterocycles. The highest BCUT2D eigenvalue weighted by Gasteiger charge is 2.34. The molecule has 1 aliphatic carbocycles. The van der Waals surface area contributed by atoms with E-state index in [4.69, 9.17) is 5.73 Å². The lowest BCUT2D eigenvalue weighted by atomic mass is 10.0. The molecular formula is C11H20ClN3O2. The van der Waals surface area contributed by atoms with Crippen LogP contribution in [0.5, 0.6) is 0 Å². The summed E-state index contributed by atoms with van der Waals surface area (Å²) in [5.74, 6) is 0.0696. The molecule has 0 spiro atoms. The lowest BCUT2D eigenvalue weighted by molar-refractivity contribution is -0.126. The van der Waals surface area contributed by atoms with Crippen molar-refractivity contribution in [1.82, 2.24) is 10.2 Å². The number of hydrogen-bond acceptors (Lipinski definition) is 3. The molecule has 0 aromatic carbocycles. The van der Waals surface area contributed by atoms with E-state index in [-0.39, 0.29) is 42.2 Å². The average molecular weight is 262 g/mol. The lowest BCUT2D eigenvalue weighted by Crippen LogP contribution is -2.44. The van der Waals surface area contributed by atoms with E-state index in [0.29, 0.717) is 13.0 Å². The van der Waals surface area contributed by atoms with Crippen molar-refractivity contribution in [2.45, 2.75) is 37.8 Å². The number of carbonyl (C=O) groups excluding carboxylic acids is 2. The van der Waals surface area contributed by atoms with E-state index in [1.807, 2.05) is 0 Å². The van der Waals surface area contributed by atoms with Crippen molar-refractivity contribution >= 4 is 24.2 Å². The molecule has 2 amide bonds. The molecule has 0 radical (unpaired) electrons. The predicted molar refractivity (Wildman–Crippen MR) is 66.7 cm³/mol. The van der Waals surface area contributed by atoms with Crippen LogP contribution in [0.1, 0.15) is 25.7 Å². The van der Waals surface area contributed by atoms with Gasteiger partial charge in [-0.15, -0.1) is 12.4 Å². The molecule has 2 fully saturated rings. The average Bonchev–Trinajstić information content (AvgIpc) is 2.74. The van der Waals surface area contributed by atoms with Gasteiger partial charge in [0, 0.05) is 26.1 Å². The third-order valence-corrected chi connectivity index (χ3v) is 3.59. The fourth-order valence-electron chi connectivity index (χ4n) is 2.58. The monoisotopic (exact) mass is 261 g/mol. The highest BCUT2D eigenvalue weighted by Crippen LogP contribution is 2.24. The van der Waals surface area contributed by atoms with Crippen LogP contribution < -0.4 is 11.1 Å². The summed E-state index contributed by atoms with van der Waals surface area (Å²) in [5, 5.41) is 2.93. The maximum absolute atomic E-state index is 11.9. The summed E-state index contributed by atoms with van der Waals surface area (Å²) in [6.07, 6.45) is 3.26. The van der Waals surface area contributed by atoms with Crippen molar-refractivity contribution in [1.29, 1.82) is 0 Å². The Morgan fingerprint density at radius 2 is 2.18 bits per heavy atom. The summed E-state index contributed by atoms with van der Waals surface area (Å²) in [5.41, 5.74) is 5.87. The minimum Gasteiger partial charge on any atom is -0.351 e. The molecule has 1 aliphatic heterocycles. The second-order valence-electron chi connectivity index (χ2n) is 4.89. The molecule has 3 unspecified atom stereocenters. The number of carbonyl (C=O) groups is 2. The summed E-state index contributed by atoms with van der Waals surface area (Å²) >= 11 is 0. The van der Waals surface area contributed by atoms with E-state index in [1.165, 1.54) is 0 Å². The first-order chi connectivity index (χ1) is 7.58. The van der Waals surface area contributed by atoms with Gasteiger partial charge in [-0.2, -0.15) is 0 Å². The molecule has 6 heteroatoms. The molecular weight excluding hydrogens is 242 g/mol. The first-order valence-electron chi connectivity index (χ1n) is 5.88. The largest absolute Gasteiger partial charge is 0.351 e. The molecule has 2 aliphatic rings. The Balaban J connectivity index is 0.00000144. The van der Waals surface area contributed by atoms with Crippen LogP contribution in [0.4, 0.5) is 0 Å². The van der Waals surface area contributed by atoms with Crippen LogP contribution >= 0.6 is 12.4 Å². The van der Waals surface area contributed by atoms with E-state index < -0.39 is 0 Å². The summed E-state index contributed by atoms with van der Waals surface area (Å²) in [4.78, 5) is 24.9. The quantitative estimate of drug-likeness (QED) is 0.728. The molecule has 0 aromatic rings. The summed E-state index contributed by atoms with van der Waals surface area (Å²) < 4.78 is 0. The van der Waals surface area contributed by atoms with Crippen LogP contribution in [-0.2, 0) is 9.59 Å². The van der Waals surface area contributed by atoms with Gasteiger partial charge in [0.2, 0.25) is 11.8 Å². The maximum atomic E-state index is 11.9. The Hall–Kier alpha value is -0.810. The molecule has 1 saturated carbocycles. The second kappa shape index (κ2) is 5.69. The van der Waals surface area contributed by atoms with Crippen molar-refractivity contribution in [3.8, 4) is 0 Å². The minimum atomic E-state index is -0.0546. The normalized spacial score (nSPS) is 32.5. The third-order valence-electron chi connectivity index (χ3n) is 3.59. The SMILES string of the molecule is CN1CC(NC(=O)C2CCCC2N)CC1=O.Cl. The van der Waals surface area contributed by atoms with Crippen molar-refractivity contribution in [2.24, 2.45) is 11.7 Å². The smallest absolute Gasteiger partial charge is 0.224 e. The zero-order chi connectivity index (χ0) is 11.7. The lowest BCUT2D eigenvalue weighted by Gasteiger charge is -2.18. The van der Waals surface area contributed by atoms with Gasteiger partial charge in [0.1, 0.15) is 0 Å². The number of nitrogens with zero attached hydrogens (tertiary/aromatic N) is 1. The Labute approximate surface area is 108 Å². The number of hydrogen-bond donors (Lipinski definition) is 2. The van der Waals surface area contributed by atoms with Crippen molar-refractivity contribution in [3.63, 3.8) is 0 Å². The fourth-order valence-corrected chi connectivity index (χ4v) is 2.58. The van der Waals surface area contributed by atoms with Crippen molar-refractivity contribution in [2.75, 3.05) is 13.6 Å². The van der Waals surface area contributed by atoms with Gasteiger partial charge in [0.25, 0.3) is 0 Å². The van der Waals surface area contributed by atoms with Crippen molar-refractivity contribution < 1.29 is 9.59 Å². The number of nitrogens with one attached hydrogen (secondary N) is 1. The van der Waals surface area contributed by atoms with Crippen LogP contribution in [-0.4, -0.2) is 42.4 Å². The predicted octanol–water partition coefficient (Wildman–Crippen LogP) is -0.117. The topological polar surface area (TPSA) is 75.4 Å². The van der Waals surface area contributed by atoms with Crippen LogP contribution in [0.2, 0.25) is 0 Å². The molecule has 2 rings (SSSR count). The molecule has 5 nitrogen and oxygen atoms in total. The zero-order valence-corrected chi connectivity index (χ0v) is 10.8. The number of likely N-dealkylation sites (tertiary alicyclic amines) is 1. The van der Waals surface area contributed by atoms with Crippen molar-refractivity contribution in [3.05, 3.63) is 0 Å². The number of halogens is 1. The molecule has 98 valence electrons. The number of amides is 2. The molecule has 0 bridgehead atoms. The number of likely N-dealkylation sites (N-methyl/N-ethyl adjacent to an activating group) is 1. The summed E-state index contributed by atoms with van der Waals surface area (Å²) in [6.45, 7) is 0.618. The highest BCUT2D eigenvalue weighted by atomic mass is 35.5. The van der Waals surface area contributed by atoms with E-state index in [0.717, 1.165) is 19.3 Å². The van der Waals surface area contributed by atoms with Crippen LogP contribution in [0.15, 0.2) is 0 Å². The van der Waals surface area contributed by atoms with E-state index in [9.17, 15) is 9.59 Å². The standard InChI is InChI=1S/C11H19N3O2.ClH/c1-14-6-7(5-10(14)15)13-11(16)8-3-2-4-9(8)12;/h7-9H,2-6,12H2,1H3,(H,13,16);1H. The van der Waals surface area contributed by atoms with Gasteiger partial charge in [0.05, 0.1) is 12.0 Å². The molecule has 3 atom stereocenters. The van der Waals surface area contributed by atoms with Gasteiger partial charge < -0.3 is 16.0 Å². The van der Waals surface area contributed by atoms with Crippen LogP contribution in [0, 0.1) is 5.92 Å². The van der Waals surface area contributed by atoms with E-state index in [1.54, 1.807) is 11.9 Å². The van der Waals surface area contributed by atoms with Crippen LogP contribution in [0.3, 0.4) is 0 Å². The number of nitrogens with two attached hydrogens (primary N) is 1. The maximum Gasteiger partial charge on any atom is 0.224 e. The minimum absolute atomic E-state index is 0. The Kier molecular flexibility index (Phi) is 4.77. The molecule has 17 heavy (non-hydrogen) atoms. The molecule has 1 saturated heterocycles.